The lowest BCUT2D eigenvalue weighted by molar-refractivity contribution is -0.194. The van der Waals surface area contributed by atoms with Crippen LogP contribution in [-0.2, 0) is 34.7 Å². The lowest BCUT2D eigenvalue weighted by Gasteiger charge is -2.29. The van der Waals surface area contributed by atoms with Gasteiger partial charge in [-0.1, -0.05) is 12.2 Å². The summed E-state index contributed by atoms with van der Waals surface area (Å²) in [5.41, 5.74) is -0.769. The van der Waals surface area contributed by atoms with E-state index in [1.807, 2.05) is 34.7 Å². The zero-order valence-corrected chi connectivity index (χ0v) is 23.7. The van der Waals surface area contributed by atoms with Crippen LogP contribution < -0.4 is 4.74 Å². The van der Waals surface area contributed by atoms with Crippen molar-refractivity contribution in [2.45, 2.75) is 88.4 Å². The molecule has 4 aliphatic rings. The largest absolute Gasteiger partial charge is 0.489 e. The van der Waals surface area contributed by atoms with Gasteiger partial charge in [-0.2, -0.15) is 13.2 Å². The summed E-state index contributed by atoms with van der Waals surface area (Å²) in [5, 5.41) is 0. The second-order valence-corrected chi connectivity index (χ2v) is 11.7. The molecule has 7 nitrogen and oxygen atoms in total. The van der Waals surface area contributed by atoms with Gasteiger partial charge in [-0.05, 0) is 79.3 Å². The van der Waals surface area contributed by atoms with Crippen molar-refractivity contribution in [1.82, 2.24) is 0 Å². The molecular formula is C28H34F3IO7. The van der Waals surface area contributed by atoms with E-state index in [0.717, 1.165) is 50.7 Å². The molecule has 0 spiro atoms. The van der Waals surface area contributed by atoms with Gasteiger partial charge in [-0.15, -0.1) is 0 Å². The molecule has 3 aliphatic heterocycles. The number of carbonyl (C=O) groups excluding carboxylic acids is 1. The third-order valence-electron chi connectivity index (χ3n) is 7.69. The number of halogens is 4. The van der Waals surface area contributed by atoms with E-state index >= 15 is 0 Å². The van der Waals surface area contributed by atoms with E-state index in [2.05, 4.69) is 0 Å². The summed E-state index contributed by atoms with van der Waals surface area (Å²) < 4.78 is 75.9. The molecule has 1 aromatic carbocycles. The van der Waals surface area contributed by atoms with Crippen molar-refractivity contribution in [2.75, 3.05) is 19.8 Å². The fourth-order valence-corrected chi connectivity index (χ4v) is 6.18. The van der Waals surface area contributed by atoms with Gasteiger partial charge >= 0.3 is 12.1 Å². The minimum absolute atomic E-state index is 0.00117. The molecule has 5 rings (SSSR count). The van der Waals surface area contributed by atoms with Crippen molar-refractivity contribution in [3.8, 4) is 5.75 Å². The van der Waals surface area contributed by atoms with E-state index in [1.54, 1.807) is 0 Å². The molecule has 0 bridgehead atoms. The Labute approximate surface area is 239 Å². The van der Waals surface area contributed by atoms with E-state index in [-0.39, 0.29) is 48.7 Å². The maximum Gasteiger partial charge on any atom is 0.416 e. The van der Waals surface area contributed by atoms with Crippen LogP contribution in [0.1, 0.15) is 56.9 Å². The Balaban J connectivity index is 1.31. The van der Waals surface area contributed by atoms with Crippen molar-refractivity contribution < 1.29 is 46.4 Å². The van der Waals surface area contributed by atoms with Crippen LogP contribution >= 0.6 is 22.6 Å². The third-order valence-corrected chi connectivity index (χ3v) is 8.58. The van der Waals surface area contributed by atoms with Crippen molar-refractivity contribution in [3.63, 3.8) is 0 Å². The Morgan fingerprint density at radius 2 is 1.82 bits per heavy atom. The fraction of sp³-hybridized carbons (Fsp3) is 0.679. The summed E-state index contributed by atoms with van der Waals surface area (Å²) in [6.07, 6.45) is 4.20. The zero-order valence-electron chi connectivity index (χ0n) is 21.6. The molecule has 11 heteroatoms. The average Bonchev–Trinajstić information content (AvgIpc) is 3.42. The van der Waals surface area contributed by atoms with Crippen molar-refractivity contribution >= 4 is 28.6 Å². The number of ether oxygens (including phenoxy) is 6. The van der Waals surface area contributed by atoms with Crippen molar-refractivity contribution in [2.24, 2.45) is 11.8 Å². The van der Waals surface area contributed by atoms with Crippen LogP contribution in [0.15, 0.2) is 30.4 Å². The third kappa shape index (κ3) is 7.66. The standard InChI is InChI=1S/C28H34F3IO7/c29-28(30,31)17-7-10-21(32)24(13-17)36-16-18(37-26-5-1-3-11-34-26)8-9-19-20-14-25(33)38-23(20)15-22(19)39-27-6-2-4-12-35-27/h7-10,13,18-20,22-23,26-27H,1-6,11-12,14-16H2/b9-8+/t18?,19-,20-,22-,23+,26?,27?/m1/s1. The van der Waals surface area contributed by atoms with Crippen LogP contribution in [0.4, 0.5) is 13.2 Å². The van der Waals surface area contributed by atoms with Gasteiger partial charge in [0.25, 0.3) is 0 Å². The number of benzene rings is 1. The number of fused-ring (bicyclic) bond motifs is 1. The first kappa shape index (κ1) is 29.1. The summed E-state index contributed by atoms with van der Waals surface area (Å²) in [6, 6.07) is 3.44. The molecule has 3 saturated heterocycles. The number of carbonyl (C=O) groups is 1. The number of esters is 1. The Bertz CT molecular complexity index is 1010. The topological polar surface area (TPSA) is 72.5 Å². The Morgan fingerprint density at radius 1 is 1.08 bits per heavy atom. The smallest absolute Gasteiger partial charge is 0.416 e. The van der Waals surface area contributed by atoms with Gasteiger partial charge < -0.3 is 28.4 Å². The molecule has 0 radical (unpaired) electrons. The van der Waals surface area contributed by atoms with Crippen LogP contribution in [0.2, 0.25) is 0 Å². The van der Waals surface area contributed by atoms with Gasteiger partial charge in [-0.3, -0.25) is 4.79 Å². The number of alkyl halides is 3. The molecule has 3 heterocycles. The molecule has 0 N–H and O–H groups in total. The van der Waals surface area contributed by atoms with Crippen LogP contribution in [0, 0.1) is 15.4 Å². The predicted octanol–water partition coefficient (Wildman–Crippen LogP) is 6.02. The quantitative estimate of drug-likeness (QED) is 0.182. The van der Waals surface area contributed by atoms with E-state index in [1.165, 1.54) is 6.07 Å². The predicted molar refractivity (Wildman–Crippen MR) is 142 cm³/mol. The van der Waals surface area contributed by atoms with E-state index in [0.29, 0.717) is 29.6 Å². The Kier molecular flexibility index (Phi) is 9.74. The first-order valence-corrected chi connectivity index (χ1v) is 14.8. The van der Waals surface area contributed by atoms with Gasteiger partial charge in [0, 0.05) is 31.5 Å². The monoisotopic (exact) mass is 666 g/mol. The first-order valence-electron chi connectivity index (χ1n) is 13.7. The summed E-state index contributed by atoms with van der Waals surface area (Å²) in [7, 11) is 0. The fourth-order valence-electron chi connectivity index (χ4n) is 5.69. The van der Waals surface area contributed by atoms with Crippen LogP contribution in [0.25, 0.3) is 0 Å². The Hall–Kier alpha value is -1.41. The van der Waals surface area contributed by atoms with Gasteiger partial charge in [0.15, 0.2) is 12.6 Å². The molecule has 0 aromatic heterocycles. The molecule has 0 amide bonds. The summed E-state index contributed by atoms with van der Waals surface area (Å²) in [6.45, 7) is 1.26. The summed E-state index contributed by atoms with van der Waals surface area (Å²) >= 11 is 1.96. The van der Waals surface area contributed by atoms with Crippen LogP contribution in [0.5, 0.6) is 5.75 Å². The van der Waals surface area contributed by atoms with Gasteiger partial charge in [-0.25, -0.2) is 0 Å². The van der Waals surface area contributed by atoms with Crippen molar-refractivity contribution in [1.29, 1.82) is 0 Å². The molecule has 7 atom stereocenters. The van der Waals surface area contributed by atoms with Crippen LogP contribution in [-0.4, -0.2) is 56.7 Å². The molecule has 39 heavy (non-hydrogen) atoms. The average molecular weight is 666 g/mol. The van der Waals surface area contributed by atoms with Gasteiger partial charge in [0.1, 0.15) is 24.6 Å². The second kappa shape index (κ2) is 13.1. The highest BCUT2D eigenvalue weighted by Crippen LogP contribution is 2.44. The second-order valence-electron chi connectivity index (χ2n) is 10.5. The number of hydrogen-bond acceptors (Lipinski definition) is 7. The van der Waals surface area contributed by atoms with E-state index in [9.17, 15) is 18.0 Å². The highest BCUT2D eigenvalue weighted by Gasteiger charge is 2.50. The first-order chi connectivity index (χ1) is 18.8. The maximum atomic E-state index is 13.3. The highest BCUT2D eigenvalue weighted by molar-refractivity contribution is 14.1. The molecule has 1 aliphatic carbocycles. The SMILES string of the molecule is O=C1C[C@@H]2[C@@H](/C=C/C(COc3cc(C(F)(F)F)ccc3I)OC3CCCCO3)[C@H](OC3CCCCO3)C[C@@H]2O1. The number of rotatable bonds is 9. The van der Waals surface area contributed by atoms with E-state index < -0.39 is 24.1 Å². The van der Waals surface area contributed by atoms with E-state index in [4.69, 9.17) is 28.4 Å². The van der Waals surface area contributed by atoms with Gasteiger partial charge in [0.05, 0.1) is 21.7 Å². The normalized spacial score (nSPS) is 32.3. The molecule has 1 aromatic rings. The summed E-state index contributed by atoms with van der Waals surface area (Å²) in [4.78, 5) is 12.0. The van der Waals surface area contributed by atoms with Crippen molar-refractivity contribution in [3.05, 3.63) is 39.5 Å². The molecular weight excluding hydrogens is 632 g/mol. The van der Waals surface area contributed by atoms with Crippen LogP contribution in [0.3, 0.4) is 0 Å². The highest BCUT2D eigenvalue weighted by atomic mass is 127. The molecule has 3 unspecified atom stereocenters. The lowest BCUT2D eigenvalue weighted by Crippen LogP contribution is -2.32. The number of hydrogen-bond donors (Lipinski definition) is 0. The molecule has 1 saturated carbocycles. The molecule has 4 fully saturated rings. The molecule has 216 valence electrons. The summed E-state index contributed by atoms with van der Waals surface area (Å²) in [5.74, 6) is -0.178. The minimum Gasteiger partial charge on any atom is -0.489 e. The van der Waals surface area contributed by atoms with Gasteiger partial charge in [0.2, 0.25) is 0 Å². The minimum atomic E-state index is -4.47. The lowest BCUT2D eigenvalue weighted by atomic mass is 9.91. The zero-order chi connectivity index (χ0) is 27.4. The Morgan fingerprint density at radius 3 is 2.51 bits per heavy atom. The maximum absolute atomic E-state index is 13.3.